The number of H-pyrrole nitrogens is 1. The van der Waals surface area contributed by atoms with E-state index in [0.717, 1.165) is 36.9 Å². The predicted octanol–water partition coefficient (Wildman–Crippen LogP) is 4.38. The van der Waals surface area contributed by atoms with Crippen molar-refractivity contribution in [3.8, 4) is 5.75 Å². The minimum atomic E-state index is -0.662. The summed E-state index contributed by atoms with van der Waals surface area (Å²) in [7, 11) is 4.02. The fourth-order valence-corrected chi connectivity index (χ4v) is 5.80. The van der Waals surface area contributed by atoms with E-state index in [1.165, 1.54) is 12.1 Å². The fourth-order valence-electron chi connectivity index (χ4n) is 5.80. The highest BCUT2D eigenvalue weighted by atomic mass is 19.1. The molecule has 1 saturated heterocycles. The summed E-state index contributed by atoms with van der Waals surface area (Å²) in [4.78, 5) is 30.4. The third-order valence-electron chi connectivity index (χ3n) is 8.11. The standard InChI is InChI=1S/C31H39FN6O3/c1-20(12-16-36(3)4)30(40)37-15-6-8-23(18-37)38-19-25(26-27(38)29(39)35-34-28(26)33)21-10-13-31(2,14-11-21)41-24-9-5-7-22(32)17-24/h5,7,9-11,13,17,19-20,23H,6,8,12,14-16,18H2,1-4H3,(H2,33,34)(H,35,39). The molecule has 0 radical (unpaired) electrons. The van der Waals surface area contributed by atoms with Gasteiger partial charge < -0.3 is 24.8 Å². The number of piperidine rings is 1. The Morgan fingerprint density at radius 2 is 2.17 bits per heavy atom. The van der Waals surface area contributed by atoms with E-state index >= 15 is 0 Å². The van der Waals surface area contributed by atoms with Gasteiger partial charge in [0, 0.05) is 43.3 Å². The third kappa shape index (κ3) is 6.07. The Morgan fingerprint density at radius 3 is 2.88 bits per heavy atom. The number of nitrogens with one attached hydrogen (secondary N) is 1. The number of rotatable bonds is 8. The maximum absolute atomic E-state index is 13.7. The monoisotopic (exact) mass is 562 g/mol. The van der Waals surface area contributed by atoms with E-state index in [4.69, 9.17) is 10.5 Å². The zero-order chi connectivity index (χ0) is 29.3. The molecule has 1 aliphatic heterocycles. The molecule has 3 unspecified atom stereocenters. The molecular formula is C31H39FN6O3. The number of likely N-dealkylation sites (tertiary alicyclic amines) is 1. The molecule has 1 amide bonds. The van der Waals surface area contributed by atoms with Crippen molar-refractivity contribution in [2.75, 3.05) is 39.5 Å². The summed E-state index contributed by atoms with van der Waals surface area (Å²) in [6.07, 6.45) is 10.9. The Morgan fingerprint density at radius 1 is 1.37 bits per heavy atom. The number of nitrogen functional groups attached to an aromatic ring is 1. The SMILES string of the molecule is CC(CCN(C)C)C(=O)N1CCCC(n2cc(C3=CCC(C)(Oc4cccc(F)c4)C=C3)c3c(N)n[nH]c(=O)c32)C1. The Bertz CT molecular complexity index is 1560. The summed E-state index contributed by atoms with van der Waals surface area (Å²) < 4.78 is 21.8. The number of carbonyl (C=O) groups is 1. The zero-order valence-corrected chi connectivity index (χ0v) is 24.2. The van der Waals surface area contributed by atoms with Crippen LogP contribution in [-0.2, 0) is 4.79 Å². The van der Waals surface area contributed by atoms with Crippen LogP contribution >= 0.6 is 0 Å². The summed E-state index contributed by atoms with van der Waals surface area (Å²) in [5.41, 5.74) is 7.53. The highest BCUT2D eigenvalue weighted by Gasteiger charge is 2.31. The van der Waals surface area contributed by atoms with Gasteiger partial charge in [-0.2, -0.15) is 5.10 Å². The second-order valence-corrected chi connectivity index (χ2v) is 11.8. The maximum Gasteiger partial charge on any atom is 0.288 e. The van der Waals surface area contributed by atoms with Crippen LogP contribution in [0.25, 0.3) is 16.5 Å². The number of halogens is 1. The number of hydrogen-bond donors (Lipinski definition) is 2. The van der Waals surface area contributed by atoms with E-state index in [1.54, 1.807) is 12.1 Å². The van der Waals surface area contributed by atoms with E-state index in [1.807, 2.05) is 61.8 Å². The van der Waals surface area contributed by atoms with Crippen LogP contribution in [-0.4, -0.2) is 69.8 Å². The number of hydrogen-bond acceptors (Lipinski definition) is 6. The first kappa shape index (κ1) is 28.6. The summed E-state index contributed by atoms with van der Waals surface area (Å²) in [5.74, 6) is 0.428. The van der Waals surface area contributed by atoms with Gasteiger partial charge in [0.15, 0.2) is 5.82 Å². The number of amides is 1. The lowest BCUT2D eigenvalue weighted by atomic mass is 9.90. The number of carbonyl (C=O) groups excluding carboxylic acids is 1. The molecule has 3 N–H and O–H groups in total. The largest absolute Gasteiger partial charge is 0.483 e. The van der Waals surface area contributed by atoms with Crippen LogP contribution in [0.3, 0.4) is 0 Å². The lowest BCUT2D eigenvalue weighted by Gasteiger charge is -2.35. The average molecular weight is 563 g/mol. The molecule has 0 bridgehead atoms. The van der Waals surface area contributed by atoms with Gasteiger partial charge in [-0.1, -0.05) is 25.1 Å². The molecule has 1 aromatic carbocycles. The van der Waals surface area contributed by atoms with Gasteiger partial charge in [-0.05, 0) is 70.6 Å². The quantitative estimate of drug-likeness (QED) is 0.422. The van der Waals surface area contributed by atoms with Gasteiger partial charge in [0.05, 0.1) is 11.4 Å². The van der Waals surface area contributed by atoms with Gasteiger partial charge in [-0.3, -0.25) is 9.59 Å². The van der Waals surface area contributed by atoms with Crippen molar-refractivity contribution < 1.29 is 13.9 Å². The van der Waals surface area contributed by atoms with Crippen molar-refractivity contribution in [2.45, 2.75) is 51.2 Å². The van der Waals surface area contributed by atoms with Gasteiger partial charge >= 0.3 is 0 Å². The molecule has 0 spiro atoms. The molecule has 3 heterocycles. The molecule has 1 fully saturated rings. The highest BCUT2D eigenvalue weighted by Crippen LogP contribution is 2.37. The van der Waals surface area contributed by atoms with Crippen LogP contribution in [0.4, 0.5) is 10.2 Å². The molecule has 2 aromatic heterocycles. The molecule has 3 aromatic rings. The number of nitrogens with zero attached hydrogens (tertiary/aromatic N) is 4. The first-order valence-electron chi connectivity index (χ1n) is 14.2. The normalized spacial score (nSPS) is 21.8. The van der Waals surface area contributed by atoms with Gasteiger partial charge in [0.1, 0.15) is 22.7 Å². The topological polar surface area (TPSA) is 109 Å². The summed E-state index contributed by atoms with van der Waals surface area (Å²) in [6.45, 7) is 6.03. The minimum Gasteiger partial charge on any atom is -0.483 e. The lowest BCUT2D eigenvalue weighted by molar-refractivity contribution is -0.136. The maximum atomic E-state index is 13.7. The lowest BCUT2D eigenvalue weighted by Crippen LogP contribution is -2.43. The predicted molar refractivity (Wildman–Crippen MR) is 159 cm³/mol. The molecule has 0 saturated carbocycles. The fraction of sp³-hybridized carbons (Fsp3) is 0.452. The number of allylic oxidation sites excluding steroid dienone is 2. The number of anilines is 1. The number of ether oxygens (including phenoxy) is 1. The summed E-state index contributed by atoms with van der Waals surface area (Å²) in [6, 6.07) is 6.03. The smallest absolute Gasteiger partial charge is 0.288 e. The van der Waals surface area contributed by atoms with Gasteiger partial charge in [0.2, 0.25) is 5.91 Å². The van der Waals surface area contributed by atoms with Crippen LogP contribution in [0.5, 0.6) is 5.75 Å². The van der Waals surface area contributed by atoms with Crippen LogP contribution in [0.15, 0.2) is 53.5 Å². The van der Waals surface area contributed by atoms with E-state index in [9.17, 15) is 14.0 Å². The van der Waals surface area contributed by atoms with Gasteiger partial charge in [-0.15, -0.1) is 0 Å². The van der Waals surface area contributed by atoms with Crippen molar-refractivity contribution in [1.29, 1.82) is 0 Å². The molecule has 218 valence electrons. The van der Waals surface area contributed by atoms with Gasteiger partial charge in [-0.25, -0.2) is 9.49 Å². The number of aromatic amines is 1. The number of fused-ring (bicyclic) bond motifs is 1. The number of benzene rings is 1. The van der Waals surface area contributed by atoms with Crippen molar-refractivity contribution in [3.05, 3.63) is 70.4 Å². The van der Waals surface area contributed by atoms with Crippen LogP contribution in [0.2, 0.25) is 0 Å². The van der Waals surface area contributed by atoms with Crippen LogP contribution < -0.4 is 16.0 Å². The van der Waals surface area contributed by atoms with E-state index in [0.29, 0.717) is 36.2 Å². The summed E-state index contributed by atoms with van der Waals surface area (Å²) in [5, 5.41) is 7.20. The van der Waals surface area contributed by atoms with Crippen molar-refractivity contribution in [3.63, 3.8) is 0 Å². The average Bonchev–Trinajstić information content (AvgIpc) is 3.36. The van der Waals surface area contributed by atoms with Gasteiger partial charge in [0.25, 0.3) is 5.56 Å². The summed E-state index contributed by atoms with van der Waals surface area (Å²) >= 11 is 0. The third-order valence-corrected chi connectivity index (χ3v) is 8.11. The molecule has 5 rings (SSSR count). The Balaban J connectivity index is 1.43. The second-order valence-electron chi connectivity index (χ2n) is 11.8. The molecule has 1 aliphatic carbocycles. The Hall–Kier alpha value is -3.92. The van der Waals surface area contributed by atoms with Crippen molar-refractivity contribution in [2.24, 2.45) is 5.92 Å². The molecule has 2 aliphatic rings. The molecular weight excluding hydrogens is 523 g/mol. The van der Waals surface area contributed by atoms with Crippen LogP contribution in [0.1, 0.15) is 51.1 Å². The first-order chi connectivity index (χ1) is 19.5. The molecule has 3 atom stereocenters. The van der Waals surface area contributed by atoms with E-state index < -0.39 is 5.60 Å². The number of nitrogens with two attached hydrogens (primary N) is 1. The Kier molecular flexibility index (Phi) is 8.04. The highest BCUT2D eigenvalue weighted by molar-refractivity contribution is 6.01. The first-order valence-corrected chi connectivity index (χ1v) is 14.2. The molecule has 41 heavy (non-hydrogen) atoms. The number of aromatic nitrogens is 3. The van der Waals surface area contributed by atoms with Crippen LogP contribution in [0, 0.1) is 11.7 Å². The van der Waals surface area contributed by atoms with Crippen molar-refractivity contribution in [1.82, 2.24) is 24.6 Å². The molecule has 10 heteroatoms. The Labute approximate surface area is 239 Å². The minimum absolute atomic E-state index is 0.0670. The van der Waals surface area contributed by atoms with E-state index in [2.05, 4.69) is 15.1 Å². The zero-order valence-electron chi connectivity index (χ0n) is 24.2. The molecule has 9 nitrogen and oxygen atoms in total. The van der Waals surface area contributed by atoms with E-state index in [-0.39, 0.29) is 35.1 Å². The second kappa shape index (κ2) is 11.5. The van der Waals surface area contributed by atoms with Crippen molar-refractivity contribution >= 4 is 28.2 Å².